The molecule has 0 aliphatic heterocycles. The van der Waals surface area contributed by atoms with Gasteiger partial charge in [-0.2, -0.15) is 12.6 Å². The first-order valence-electron chi connectivity index (χ1n) is 10.3. The summed E-state index contributed by atoms with van der Waals surface area (Å²) in [6.45, 7) is 0. The molecule has 35 heavy (non-hydrogen) atoms. The first kappa shape index (κ1) is 27.3. The molecule has 0 spiro atoms. The van der Waals surface area contributed by atoms with Crippen LogP contribution in [-0.2, 0) is 36.8 Å². The summed E-state index contributed by atoms with van der Waals surface area (Å²) in [5.74, 6) is -5.27. The van der Waals surface area contributed by atoms with Gasteiger partial charge in [-0.15, -0.1) is 0 Å². The number of hydrogen-bond acceptors (Lipinski definition) is 9. The second-order valence-corrected chi connectivity index (χ2v) is 7.84. The summed E-state index contributed by atoms with van der Waals surface area (Å²) in [6.07, 6.45) is 4.75. The number of imidazole rings is 2. The number of carbonyl (C=O) groups excluding carboxylic acids is 3. The number of aromatic nitrogens is 4. The monoisotopic (exact) mass is 510 g/mol. The lowest BCUT2D eigenvalue weighted by molar-refractivity contribution is -0.142. The van der Waals surface area contributed by atoms with Crippen molar-refractivity contribution < 1.29 is 34.2 Å². The van der Waals surface area contributed by atoms with Crippen LogP contribution in [0.15, 0.2) is 25.0 Å². The topological polar surface area (TPSA) is 245 Å². The maximum atomic E-state index is 12.9. The van der Waals surface area contributed by atoms with E-state index in [0.717, 1.165) is 0 Å². The van der Waals surface area contributed by atoms with Crippen LogP contribution in [0, 0.1) is 0 Å². The van der Waals surface area contributed by atoms with Gasteiger partial charge in [0.1, 0.15) is 18.1 Å². The van der Waals surface area contributed by atoms with E-state index < -0.39 is 60.2 Å². The number of nitrogens with one attached hydrogen (secondary N) is 5. The fourth-order valence-corrected chi connectivity index (χ4v) is 3.20. The molecule has 2 aromatic rings. The molecule has 2 heterocycles. The molecule has 2 rings (SSSR count). The van der Waals surface area contributed by atoms with Crippen molar-refractivity contribution >= 4 is 42.3 Å². The number of nitrogens with two attached hydrogens (primary N) is 1. The lowest BCUT2D eigenvalue weighted by atomic mass is 10.1. The highest BCUT2D eigenvalue weighted by Gasteiger charge is 2.30. The van der Waals surface area contributed by atoms with Gasteiger partial charge in [0.05, 0.1) is 25.1 Å². The summed E-state index contributed by atoms with van der Waals surface area (Å²) in [7, 11) is 0. The molecule has 0 saturated heterocycles. The maximum Gasteiger partial charge on any atom is 0.326 e. The van der Waals surface area contributed by atoms with Gasteiger partial charge in [0.25, 0.3) is 0 Å². The highest BCUT2D eigenvalue weighted by molar-refractivity contribution is 7.80. The van der Waals surface area contributed by atoms with E-state index in [0.29, 0.717) is 11.4 Å². The molecule has 15 nitrogen and oxygen atoms in total. The van der Waals surface area contributed by atoms with Crippen LogP contribution in [0.2, 0.25) is 0 Å². The summed E-state index contributed by atoms with van der Waals surface area (Å²) in [5, 5.41) is 25.4. The van der Waals surface area contributed by atoms with Gasteiger partial charge in [-0.25, -0.2) is 14.8 Å². The molecule has 0 aliphatic rings. The summed E-state index contributed by atoms with van der Waals surface area (Å²) in [4.78, 5) is 73.5. The zero-order chi connectivity index (χ0) is 26.0. The Morgan fingerprint density at radius 1 is 0.857 bits per heavy atom. The Morgan fingerprint density at radius 2 is 1.34 bits per heavy atom. The van der Waals surface area contributed by atoms with Crippen LogP contribution < -0.4 is 21.7 Å². The number of aromatic amines is 2. The Labute approximate surface area is 204 Å². The molecule has 16 heteroatoms. The molecule has 4 atom stereocenters. The first-order chi connectivity index (χ1) is 16.6. The van der Waals surface area contributed by atoms with E-state index >= 15 is 0 Å². The highest BCUT2D eigenvalue weighted by atomic mass is 32.1. The summed E-state index contributed by atoms with van der Waals surface area (Å²) >= 11 is 4.06. The number of hydrogen-bond donors (Lipinski definition) is 9. The molecule has 4 unspecified atom stereocenters. The van der Waals surface area contributed by atoms with Crippen LogP contribution in [0.3, 0.4) is 0 Å². The van der Waals surface area contributed by atoms with Crippen molar-refractivity contribution in [3.8, 4) is 0 Å². The Morgan fingerprint density at radius 3 is 1.80 bits per heavy atom. The summed E-state index contributed by atoms with van der Waals surface area (Å²) in [5.41, 5.74) is 6.51. The van der Waals surface area contributed by atoms with Crippen molar-refractivity contribution in [3.63, 3.8) is 0 Å². The summed E-state index contributed by atoms with van der Waals surface area (Å²) in [6, 6.07) is -5.22. The number of aliphatic carboxylic acids is 2. The highest BCUT2D eigenvalue weighted by Crippen LogP contribution is 2.04. The molecule has 0 fully saturated rings. The van der Waals surface area contributed by atoms with Gasteiger partial charge in [-0.05, 0) is 0 Å². The van der Waals surface area contributed by atoms with Crippen molar-refractivity contribution in [1.29, 1.82) is 0 Å². The van der Waals surface area contributed by atoms with Crippen molar-refractivity contribution in [2.75, 3.05) is 5.75 Å². The molecule has 3 amide bonds. The third-order valence-corrected chi connectivity index (χ3v) is 5.12. The number of nitrogens with zero attached hydrogens (tertiary/aromatic N) is 2. The number of amides is 3. The lowest BCUT2D eigenvalue weighted by Crippen LogP contribution is -2.58. The Hall–Kier alpha value is -3.92. The molecule has 0 aliphatic carbocycles. The van der Waals surface area contributed by atoms with Crippen LogP contribution in [0.1, 0.15) is 17.8 Å². The fraction of sp³-hybridized carbons (Fsp3) is 0.421. The van der Waals surface area contributed by atoms with Gasteiger partial charge in [0.2, 0.25) is 17.7 Å². The molecule has 0 bridgehead atoms. The van der Waals surface area contributed by atoms with Crippen molar-refractivity contribution in [1.82, 2.24) is 35.9 Å². The van der Waals surface area contributed by atoms with Crippen molar-refractivity contribution in [3.05, 3.63) is 36.4 Å². The number of carboxylic acid groups (broad SMARTS) is 2. The third kappa shape index (κ3) is 8.74. The van der Waals surface area contributed by atoms with Gasteiger partial charge in [-0.1, -0.05) is 0 Å². The molecule has 190 valence electrons. The second-order valence-electron chi connectivity index (χ2n) is 7.47. The van der Waals surface area contributed by atoms with E-state index in [1.165, 1.54) is 25.0 Å². The molecule has 0 radical (unpaired) electrons. The van der Waals surface area contributed by atoms with E-state index in [4.69, 9.17) is 10.8 Å². The zero-order valence-electron chi connectivity index (χ0n) is 18.3. The van der Waals surface area contributed by atoms with Gasteiger partial charge in [0.15, 0.2) is 0 Å². The van der Waals surface area contributed by atoms with Gasteiger partial charge < -0.3 is 41.9 Å². The SMILES string of the molecule is NC(CC(=O)O)C(=O)NC(Cc1cnc[nH]1)C(=O)NC(CS)C(=O)NC(Cc1cnc[nH]1)C(=O)O. The van der Waals surface area contributed by atoms with Gasteiger partial charge in [-0.3, -0.25) is 19.2 Å². The third-order valence-electron chi connectivity index (χ3n) is 4.75. The number of H-pyrrole nitrogens is 2. The van der Waals surface area contributed by atoms with E-state index in [2.05, 4.69) is 48.5 Å². The second kappa shape index (κ2) is 13.1. The quantitative estimate of drug-likeness (QED) is 0.118. The smallest absolute Gasteiger partial charge is 0.326 e. The zero-order valence-corrected chi connectivity index (χ0v) is 19.2. The predicted molar refractivity (Wildman–Crippen MR) is 122 cm³/mol. The average Bonchev–Trinajstić information content (AvgIpc) is 3.50. The minimum absolute atomic E-state index is 0.0736. The predicted octanol–water partition coefficient (Wildman–Crippen LogP) is -2.81. The van der Waals surface area contributed by atoms with Crippen LogP contribution >= 0.6 is 12.6 Å². The molecular formula is C19H26N8O7S. The Bertz CT molecular complexity index is 1010. The van der Waals surface area contributed by atoms with Gasteiger partial charge >= 0.3 is 11.9 Å². The van der Waals surface area contributed by atoms with Crippen LogP contribution in [0.4, 0.5) is 0 Å². The Balaban J connectivity index is 2.09. The fourth-order valence-electron chi connectivity index (χ4n) is 2.94. The number of carboxylic acids is 2. The molecule has 0 aromatic carbocycles. The average molecular weight is 511 g/mol. The first-order valence-corrected chi connectivity index (χ1v) is 10.9. The van der Waals surface area contributed by atoms with E-state index in [1.807, 2.05) is 0 Å². The minimum Gasteiger partial charge on any atom is -0.481 e. The summed E-state index contributed by atoms with van der Waals surface area (Å²) < 4.78 is 0. The van der Waals surface area contributed by atoms with Crippen LogP contribution in [0.25, 0.3) is 0 Å². The van der Waals surface area contributed by atoms with E-state index in [9.17, 15) is 29.1 Å². The standard InChI is InChI=1S/C19H26N8O7S/c20-11(3-15(28)29)16(30)25-12(1-9-4-21-7-23-9)17(31)27-14(6-35)18(32)26-13(19(33)34)2-10-5-22-8-24-10/h4-5,7-8,11-14,35H,1-3,6,20H2,(H,21,23)(H,22,24)(H,25,30)(H,26,32)(H,27,31)(H,28,29)(H,33,34). The van der Waals surface area contributed by atoms with Crippen molar-refractivity contribution in [2.24, 2.45) is 5.73 Å². The normalized spacial score (nSPS) is 14.2. The molecule has 9 N–H and O–H groups in total. The maximum absolute atomic E-state index is 12.9. The Kier molecular flexibility index (Phi) is 10.2. The van der Waals surface area contributed by atoms with E-state index in [1.54, 1.807) is 0 Å². The van der Waals surface area contributed by atoms with Crippen LogP contribution in [-0.4, -0.2) is 89.7 Å². The number of carbonyl (C=O) groups is 5. The molecule has 0 saturated carbocycles. The van der Waals surface area contributed by atoms with Crippen molar-refractivity contribution in [2.45, 2.75) is 43.4 Å². The minimum atomic E-state index is -1.41. The lowest BCUT2D eigenvalue weighted by Gasteiger charge is -2.24. The van der Waals surface area contributed by atoms with Crippen LogP contribution in [0.5, 0.6) is 0 Å². The van der Waals surface area contributed by atoms with Gasteiger partial charge in [0, 0.05) is 42.4 Å². The molecule has 2 aromatic heterocycles. The number of rotatable bonds is 14. The largest absolute Gasteiger partial charge is 0.481 e. The number of thiol groups is 1. The molecular weight excluding hydrogens is 484 g/mol. The van der Waals surface area contributed by atoms with E-state index in [-0.39, 0.29) is 18.6 Å².